The molecule has 4 atom stereocenters. The van der Waals surface area contributed by atoms with Crippen molar-refractivity contribution in [2.45, 2.75) is 57.5 Å². The highest BCUT2D eigenvalue weighted by atomic mass is 15.0. The van der Waals surface area contributed by atoms with Crippen LogP contribution in [-0.4, -0.2) is 12.1 Å². The zero-order chi connectivity index (χ0) is 12.5. The van der Waals surface area contributed by atoms with Crippen LogP contribution in [0.2, 0.25) is 0 Å². The van der Waals surface area contributed by atoms with Gasteiger partial charge in [0.15, 0.2) is 0 Å². The van der Waals surface area contributed by atoms with Gasteiger partial charge in [-0.1, -0.05) is 44.2 Å². The third-order valence-corrected chi connectivity index (χ3v) is 4.65. The van der Waals surface area contributed by atoms with Crippen LogP contribution in [-0.2, 0) is 0 Å². The molecule has 2 aliphatic carbocycles. The molecule has 1 heteroatoms. The minimum absolute atomic E-state index is 0.745. The second kappa shape index (κ2) is 5.05. The van der Waals surface area contributed by atoms with Gasteiger partial charge in [0.05, 0.1) is 0 Å². The normalized spacial score (nSPS) is 39.6. The van der Waals surface area contributed by atoms with Crippen LogP contribution in [0.25, 0.3) is 0 Å². The van der Waals surface area contributed by atoms with Crippen LogP contribution in [0.4, 0.5) is 0 Å². The topological polar surface area (TPSA) is 12.0 Å². The molecule has 2 aliphatic rings. The van der Waals surface area contributed by atoms with Gasteiger partial charge in [0.2, 0.25) is 0 Å². The van der Waals surface area contributed by atoms with E-state index >= 15 is 0 Å². The van der Waals surface area contributed by atoms with E-state index in [1.807, 2.05) is 0 Å². The van der Waals surface area contributed by atoms with Crippen LogP contribution in [0.1, 0.15) is 51.0 Å². The molecule has 0 spiro atoms. The largest absolute Gasteiger partial charge is 0.311 e. The molecule has 0 aliphatic heterocycles. The fourth-order valence-electron chi connectivity index (χ4n) is 3.83. The molecule has 18 heavy (non-hydrogen) atoms. The molecule has 2 saturated carbocycles. The lowest BCUT2D eigenvalue weighted by Gasteiger charge is -2.32. The van der Waals surface area contributed by atoms with E-state index in [9.17, 15) is 0 Å². The number of hydrogen-bond donors (Lipinski definition) is 1. The van der Waals surface area contributed by atoms with Gasteiger partial charge in [-0.15, -0.1) is 0 Å². The third kappa shape index (κ3) is 2.77. The summed E-state index contributed by atoms with van der Waals surface area (Å²) in [5, 5.41) is 3.90. The Kier molecular flexibility index (Phi) is 3.43. The van der Waals surface area contributed by atoms with E-state index in [2.05, 4.69) is 49.5 Å². The maximum Gasteiger partial charge on any atom is 0.0145 e. The van der Waals surface area contributed by atoms with Crippen molar-refractivity contribution in [3.05, 3.63) is 35.9 Å². The Balaban J connectivity index is 1.53. The summed E-state index contributed by atoms with van der Waals surface area (Å²) >= 11 is 0. The van der Waals surface area contributed by atoms with E-state index in [4.69, 9.17) is 0 Å². The quantitative estimate of drug-likeness (QED) is 0.847. The third-order valence-electron chi connectivity index (χ3n) is 4.65. The summed E-state index contributed by atoms with van der Waals surface area (Å²) in [6.45, 7) is 4.82. The smallest absolute Gasteiger partial charge is 0.0145 e. The molecule has 0 saturated heterocycles. The van der Waals surface area contributed by atoms with Crippen molar-refractivity contribution in [2.24, 2.45) is 11.8 Å². The first-order valence-electron chi connectivity index (χ1n) is 7.53. The van der Waals surface area contributed by atoms with Crippen LogP contribution >= 0.6 is 0 Å². The molecule has 1 N–H and O–H groups in total. The van der Waals surface area contributed by atoms with E-state index in [0.29, 0.717) is 0 Å². The van der Waals surface area contributed by atoms with E-state index in [1.165, 1.54) is 31.2 Å². The molecule has 0 aromatic heterocycles. The molecule has 1 nitrogen and oxygen atoms in total. The lowest BCUT2D eigenvalue weighted by molar-refractivity contribution is 0.237. The molecule has 4 unspecified atom stereocenters. The highest BCUT2D eigenvalue weighted by Gasteiger charge is 2.40. The second-order valence-corrected chi connectivity index (χ2v) is 6.64. The van der Waals surface area contributed by atoms with E-state index in [-0.39, 0.29) is 0 Å². The highest BCUT2D eigenvalue weighted by molar-refractivity contribution is 5.27. The summed E-state index contributed by atoms with van der Waals surface area (Å²) in [5.41, 5.74) is 1.52. The first kappa shape index (κ1) is 12.2. The van der Waals surface area contributed by atoms with Gasteiger partial charge in [0.25, 0.3) is 0 Å². The first-order valence-corrected chi connectivity index (χ1v) is 7.53. The van der Waals surface area contributed by atoms with Crippen molar-refractivity contribution in [1.82, 2.24) is 5.32 Å². The summed E-state index contributed by atoms with van der Waals surface area (Å²) < 4.78 is 0. The minimum atomic E-state index is 0.745. The summed E-state index contributed by atoms with van der Waals surface area (Å²) in [6.07, 6.45) is 5.51. The average molecular weight is 243 g/mol. The molecule has 0 bridgehead atoms. The van der Waals surface area contributed by atoms with Crippen molar-refractivity contribution in [1.29, 1.82) is 0 Å². The molecule has 1 aromatic carbocycles. The van der Waals surface area contributed by atoms with Crippen LogP contribution in [0.3, 0.4) is 0 Å². The minimum Gasteiger partial charge on any atom is -0.311 e. The Morgan fingerprint density at radius 1 is 0.889 bits per heavy atom. The number of benzene rings is 1. The molecule has 1 aromatic rings. The van der Waals surface area contributed by atoms with Gasteiger partial charge in [-0.3, -0.25) is 0 Å². The Hall–Kier alpha value is -0.820. The van der Waals surface area contributed by atoms with E-state index in [0.717, 1.165) is 29.8 Å². The molecule has 2 fully saturated rings. The monoisotopic (exact) mass is 243 g/mol. The predicted octanol–water partition coefficient (Wildman–Crippen LogP) is 3.96. The lowest BCUT2D eigenvalue weighted by atomic mass is 9.80. The van der Waals surface area contributed by atoms with Gasteiger partial charge >= 0.3 is 0 Å². The van der Waals surface area contributed by atoms with E-state index in [1.54, 1.807) is 0 Å². The zero-order valence-corrected chi connectivity index (χ0v) is 11.6. The summed E-state index contributed by atoms with van der Waals surface area (Å²) in [6, 6.07) is 12.5. The van der Waals surface area contributed by atoms with Crippen molar-refractivity contribution in [3.63, 3.8) is 0 Å². The molecule has 0 amide bonds. The summed E-state index contributed by atoms with van der Waals surface area (Å²) in [4.78, 5) is 0. The molecular formula is C17H25N. The Labute approximate surface area is 111 Å². The van der Waals surface area contributed by atoms with Crippen molar-refractivity contribution < 1.29 is 0 Å². The van der Waals surface area contributed by atoms with Gasteiger partial charge in [-0.25, -0.2) is 0 Å². The standard InChI is InChI=1S/C17H25N/c1-12-8-13(2)10-15(9-12)18-17-11-16(17)14-6-4-3-5-7-14/h3-7,12-13,15-18H,8-11H2,1-2H3. The lowest BCUT2D eigenvalue weighted by Crippen LogP contribution is -2.38. The Bertz CT molecular complexity index is 376. The van der Waals surface area contributed by atoms with Crippen LogP contribution in [0, 0.1) is 11.8 Å². The fraction of sp³-hybridized carbons (Fsp3) is 0.647. The molecule has 98 valence electrons. The maximum atomic E-state index is 3.90. The van der Waals surface area contributed by atoms with Crippen molar-refractivity contribution >= 4 is 0 Å². The van der Waals surface area contributed by atoms with Gasteiger partial charge in [-0.2, -0.15) is 0 Å². The van der Waals surface area contributed by atoms with Crippen LogP contribution in [0.15, 0.2) is 30.3 Å². The van der Waals surface area contributed by atoms with E-state index < -0.39 is 0 Å². The zero-order valence-electron chi connectivity index (χ0n) is 11.6. The second-order valence-electron chi connectivity index (χ2n) is 6.64. The summed E-state index contributed by atoms with van der Waals surface area (Å²) in [5.74, 6) is 2.58. The molecule has 0 heterocycles. The first-order chi connectivity index (χ1) is 8.72. The molecular weight excluding hydrogens is 218 g/mol. The average Bonchev–Trinajstić information content (AvgIpc) is 3.08. The number of rotatable bonds is 3. The SMILES string of the molecule is CC1CC(C)CC(NC2CC2c2ccccc2)C1. The fourth-order valence-corrected chi connectivity index (χ4v) is 3.83. The van der Waals surface area contributed by atoms with Crippen molar-refractivity contribution in [3.8, 4) is 0 Å². The maximum absolute atomic E-state index is 3.90. The number of nitrogens with one attached hydrogen (secondary N) is 1. The summed E-state index contributed by atoms with van der Waals surface area (Å²) in [7, 11) is 0. The van der Waals surface area contributed by atoms with Gasteiger partial charge in [-0.05, 0) is 43.1 Å². The predicted molar refractivity (Wildman–Crippen MR) is 76.7 cm³/mol. The van der Waals surface area contributed by atoms with Crippen molar-refractivity contribution in [2.75, 3.05) is 0 Å². The van der Waals surface area contributed by atoms with Gasteiger partial charge in [0, 0.05) is 18.0 Å². The van der Waals surface area contributed by atoms with Crippen LogP contribution in [0.5, 0.6) is 0 Å². The Morgan fingerprint density at radius 2 is 1.56 bits per heavy atom. The Morgan fingerprint density at radius 3 is 2.22 bits per heavy atom. The van der Waals surface area contributed by atoms with Gasteiger partial charge in [0.1, 0.15) is 0 Å². The molecule has 0 radical (unpaired) electrons. The highest BCUT2D eigenvalue weighted by Crippen LogP contribution is 2.42. The van der Waals surface area contributed by atoms with Gasteiger partial charge < -0.3 is 5.32 Å². The number of hydrogen-bond acceptors (Lipinski definition) is 1. The van der Waals surface area contributed by atoms with Crippen LogP contribution < -0.4 is 5.32 Å². The molecule has 3 rings (SSSR count).